The minimum Gasteiger partial charge on any atom is -0.408 e. The van der Waals surface area contributed by atoms with Crippen LogP contribution in [0.4, 0.5) is 33.7 Å². The summed E-state index contributed by atoms with van der Waals surface area (Å²) in [5, 5.41) is 12.6. The fraction of sp³-hybridized carbons (Fsp3) is 0.565. The Morgan fingerprint density at radius 3 is 2.54 bits per heavy atom. The molecule has 5 fully saturated rings. The first-order valence-corrected chi connectivity index (χ1v) is 12.2. The van der Waals surface area contributed by atoms with E-state index in [9.17, 15) is 27.2 Å². The molecule has 2 aliphatic heterocycles. The van der Waals surface area contributed by atoms with E-state index in [-0.39, 0.29) is 73.3 Å². The van der Waals surface area contributed by atoms with Crippen LogP contribution in [0.15, 0.2) is 10.5 Å². The van der Waals surface area contributed by atoms with Gasteiger partial charge in [0.05, 0.1) is 28.5 Å². The van der Waals surface area contributed by atoms with Crippen molar-refractivity contribution >= 4 is 35.1 Å². The number of nitrogens with zero attached hydrogens (tertiary/aromatic N) is 3. The Bertz CT molecular complexity index is 1310. The number of amides is 2. The Morgan fingerprint density at radius 1 is 1.22 bits per heavy atom. The van der Waals surface area contributed by atoms with Crippen LogP contribution in [0.25, 0.3) is 0 Å². The number of hydrogen-bond donors (Lipinski definition) is 2. The molecule has 3 atom stereocenters. The third-order valence-electron chi connectivity index (χ3n) is 8.36. The third-order valence-corrected chi connectivity index (χ3v) is 8.72. The summed E-state index contributed by atoms with van der Waals surface area (Å²) in [7, 11) is 0. The van der Waals surface area contributed by atoms with E-state index in [0.29, 0.717) is 0 Å². The Morgan fingerprint density at radius 2 is 1.92 bits per heavy atom. The van der Waals surface area contributed by atoms with Crippen LogP contribution in [0.3, 0.4) is 0 Å². The van der Waals surface area contributed by atoms with Crippen molar-refractivity contribution in [1.82, 2.24) is 15.5 Å². The first kappa shape index (κ1) is 24.4. The molecule has 1 aromatic heterocycles. The van der Waals surface area contributed by atoms with Crippen LogP contribution in [-0.4, -0.2) is 46.8 Å². The number of aromatic nitrogens is 2. The largest absolute Gasteiger partial charge is 0.408 e. The molecule has 2 saturated heterocycles. The Balaban J connectivity index is 1.12. The van der Waals surface area contributed by atoms with Crippen molar-refractivity contribution in [3.8, 4) is 0 Å². The Labute approximate surface area is 211 Å². The molecule has 3 saturated carbocycles. The van der Waals surface area contributed by atoms with Gasteiger partial charge in [-0.25, -0.2) is 8.78 Å². The summed E-state index contributed by atoms with van der Waals surface area (Å²) in [6.45, 7) is 2.06. The molecule has 3 aliphatic carbocycles. The summed E-state index contributed by atoms with van der Waals surface area (Å²) in [6.07, 6.45) is -4.45. The van der Waals surface area contributed by atoms with Gasteiger partial charge in [0.1, 0.15) is 10.8 Å². The van der Waals surface area contributed by atoms with Gasteiger partial charge in [0, 0.05) is 24.6 Å². The number of benzene rings is 1. The molecule has 198 valence electrons. The van der Waals surface area contributed by atoms with Gasteiger partial charge in [-0.15, -0.1) is 5.10 Å². The maximum absolute atomic E-state index is 15.1. The fourth-order valence-electron chi connectivity index (χ4n) is 6.16. The lowest BCUT2D eigenvalue weighted by molar-refractivity contribution is -0.340. The standard InChI is InChI=1S/C23H21ClF5N5O3/c1-9-12(30-20-33-32-19(37-20)21-6-22(7-21,8-21)23(27,28)29)5-34(9)13-4-11(25)15(17(26)16(13)24)10-2-3-14(35)31-18(10)36/h4,9-10,12H,2-3,5-8H2,1H3,(H,30,33)(H,31,35,36)/t9-,10?,12?,21?,22?/m1/s1. The van der Waals surface area contributed by atoms with Gasteiger partial charge >= 0.3 is 12.2 Å². The number of carbonyl (C=O) groups excluding carboxylic acids is 2. The van der Waals surface area contributed by atoms with Crippen LogP contribution in [0.2, 0.25) is 5.02 Å². The average Bonchev–Trinajstić information content (AvgIpc) is 3.20. The quantitative estimate of drug-likeness (QED) is 0.330. The molecule has 0 spiro atoms. The number of anilines is 2. The van der Waals surface area contributed by atoms with Gasteiger partial charge in [0.15, 0.2) is 5.82 Å². The fourth-order valence-corrected chi connectivity index (χ4v) is 6.42. The van der Waals surface area contributed by atoms with Crippen molar-refractivity contribution in [1.29, 1.82) is 0 Å². The zero-order chi connectivity index (χ0) is 26.5. The van der Waals surface area contributed by atoms with Gasteiger partial charge in [-0.1, -0.05) is 16.7 Å². The Kier molecular flexibility index (Phi) is 5.12. The summed E-state index contributed by atoms with van der Waals surface area (Å²) in [5.41, 5.74) is -2.71. The van der Waals surface area contributed by atoms with Gasteiger partial charge in [-0.05, 0) is 38.7 Å². The molecule has 2 aromatic rings. The van der Waals surface area contributed by atoms with Crippen molar-refractivity contribution in [2.24, 2.45) is 5.41 Å². The molecule has 8 nitrogen and oxygen atoms in total. The molecular formula is C23H21ClF5N5O3. The monoisotopic (exact) mass is 545 g/mol. The van der Waals surface area contributed by atoms with E-state index in [4.69, 9.17) is 16.0 Å². The highest BCUT2D eigenvalue weighted by Crippen LogP contribution is 2.78. The first-order valence-electron chi connectivity index (χ1n) is 11.8. The zero-order valence-corrected chi connectivity index (χ0v) is 20.1. The summed E-state index contributed by atoms with van der Waals surface area (Å²) in [6, 6.07) is 0.562. The lowest BCUT2D eigenvalue weighted by Crippen LogP contribution is -2.70. The summed E-state index contributed by atoms with van der Waals surface area (Å²) >= 11 is 6.25. The molecule has 2 N–H and O–H groups in total. The molecule has 2 bridgehead atoms. The number of halogens is 6. The van der Waals surface area contributed by atoms with Gasteiger partial charge in [0.25, 0.3) is 0 Å². The lowest BCUT2D eigenvalue weighted by Gasteiger charge is -2.68. The van der Waals surface area contributed by atoms with Crippen LogP contribution < -0.4 is 15.5 Å². The second-order valence-electron chi connectivity index (χ2n) is 10.6. The summed E-state index contributed by atoms with van der Waals surface area (Å²) < 4.78 is 75.1. The smallest absolute Gasteiger partial charge is 0.394 e. The third kappa shape index (κ3) is 3.45. The maximum atomic E-state index is 15.1. The second kappa shape index (κ2) is 7.78. The summed E-state index contributed by atoms with van der Waals surface area (Å²) in [5.74, 6) is -4.24. The van der Waals surface area contributed by atoms with Gasteiger partial charge in [-0.2, -0.15) is 13.2 Å². The molecule has 37 heavy (non-hydrogen) atoms. The van der Waals surface area contributed by atoms with E-state index in [1.54, 1.807) is 11.8 Å². The van der Waals surface area contributed by atoms with Crippen LogP contribution in [0.5, 0.6) is 0 Å². The highest BCUT2D eigenvalue weighted by atomic mass is 35.5. The minimum atomic E-state index is -4.24. The lowest BCUT2D eigenvalue weighted by atomic mass is 9.34. The summed E-state index contributed by atoms with van der Waals surface area (Å²) in [4.78, 5) is 25.2. The van der Waals surface area contributed by atoms with Crippen molar-refractivity contribution in [2.75, 3.05) is 16.8 Å². The number of alkyl halides is 3. The van der Waals surface area contributed by atoms with Crippen molar-refractivity contribution < 1.29 is 36.0 Å². The van der Waals surface area contributed by atoms with Crippen LogP contribution in [-0.2, 0) is 15.0 Å². The van der Waals surface area contributed by atoms with E-state index in [0.717, 1.165) is 6.07 Å². The molecule has 14 heteroatoms. The average molecular weight is 546 g/mol. The van der Waals surface area contributed by atoms with Crippen LogP contribution in [0.1, 0.15) is 56.4 Å². The number of rotatable bonds is 5. The molecular weight excluding hydrogens is 525 g/mol. The molecule has 5 aliphatic rings. The van der Waals surface area contributed by atoms with Gasteiger partial charge < -0.3 is 14.6 Å². The minimum absolute atomic E-state index is 0.0229. The number of carbonyl (C=O) groups is 2. The topological polar surface area (TPSA) is 100 Å². The van der Waals surface area contributed by atoms with E-state index in [1.807, 2.05) is 0 Å². The van der Waals surface area contributed by atoms with Gasteiger partial charge in [0.2, 0.25) is 17.7 Å². The molecule has 7 rings (SSSR count). The molecule has 2 amide bonds. The van der Waals surface area contributed by atoms with E-state index in [1.165, 1.54) is 0 Å². The highest BCUT2D eigenvalue weighted by Gasteiger charge is 2.80. The van der Waals surface area contributed by atoms with E-state index >= 15 is 4.39 Å². The predicted molar refractivity (Wildman–Crippen MR) is 119 cm³/mol. The van der Waals surface area contributed by atoms with Crippen molar-refractivity contribution in [3.05, 3.63) is 34.2 Å². The second-order valence-corrected chi connectivity index (χ2v) is 10.9. The zero-order valence-electron chi connectivity index (χ0n) is 19.4. The number of piperidine rings is 1. The number of hydrogen-bond acceptors (Lipinski definition) is 7. The van der Waals surface area contributed by atoms with Crippen LogP contribution in [0, 0.1) is 17.0 Å². The Hall–Kier alpha value is -2.96. The van der Waals surface area contributed by atoms with Crippen LogP contribution >= 0.6 is 11.6 Å². The molecule has 3 heterocycles. The normalized spacial score (nSPS) is 32.8. The highest BCUT2D eigenvalue weighted by molar-refractivity contribution is 6.33. The van der Waals surface area contributed by atoms with E-state index < -0.39 is 51.9 Å². The molecule has 0 radical (unpaired) electrons. The SMILES string of the molecule is C[C@@H]1C(Nc2nnc(C34CC(C(F)(F)F)(C3)C4)o2)CN1c1cc(F)c(C2CCC(=O)NC2=O)c(F)c1Cl. The van der Waals surface area contributed by atoms with E-state index in [2.05, 4.69) is 20.8 Å². The first-order chi connectivity index (χ1) is 17.3. The number of nitrogens with one attached hydrogen (secondary N) is 2. The maximum Gasteiger partial charge on any atom is 0.394 e. The molecule has 1 aromatic carbocycles. The molecule has 2 unspecified atom stereocenters. The predicted octanol–water partition coefficient (Wildman–Crippen LogP) is 4.19. The van der Waals surface area contributed by atoms with Gasteiger partial charge in [-0.3, -0.25) is 14.9 Å². The van der Waals surface area contributed by atoms with Crippen molar-refractivity contribution in [3.63, 3.8) is 0 Å². The number of imide groups is 1. The van der Waals surface area contributed by atoms with Crippen molar-refractivity contribution in [2.45, 2.75) is 68.6 Å².